The summed E-state index contributed by atoms with van der Waals surface area (Å²) in [5.41, 5.74) is 0. The van der Waals surface area contributed by atoms with Crippen LogP contribution in [0.5, 0.6) is 0 Å². The molecular weight excluding hydrogens is 234 g/mol. The molecule has 0 radical (unpaired) electrons. The Labute approximate surface area is 106 Å². The smallest absolute Gasteiger partial charge is 0.139 e. The molecule has 17 heavy (non-hydrogen) atoms. The molecule has 2 fully saturated rings. The van der Waals surface area contributed by atoms with Gasteiger partial charge in [0.25, 0.3) is 0 Å². The highest BCUT2D eigenvalue weighted by atomic mass is 32.2. The van der Waals surface area contributed by atoms with E-state index in [1.54, 1.807) is 0 Å². The molecule has 3 heterocycles. The van der Waals surface area contributed by atoms with Crippen molar-refractivity contribution in [1.82, 2.24) is 14.9 Å². The minimum absolute atomic E-state index is 0.126. The maximum absolute atomic E-state index is 5.85. The van der Waals surface area contributed by atoms with Gasteiger partial charge in [0.05, 0.1) is 0 Å². The van der Waals surface area contributed by atoms with Gasteiger partial charge in [-0.2, -0.15) is 11.8 Å². The van der Waals surface area contributed by atoms with E-state index >= 15 is 0 Å². The van der Waals surface area contributed by atoms with Gasteiger partial charge in [-0.3, -0.25) is 0 Å². The molecule has 1 aromatic heterocycles. The molecule has 3 rings (SSSR count). The predicted octanol–water partition coefficient (Wildman–Crippen LogP) is 1.35. The standard InChI is InChI=1S/C12H19N3OS/c1-15-5-4-13-12(15)11-10(2-6-16-11)14-9-3-7-17-8-9/h4-5,9-11,14H,2-3,6-8H2,1H3/t9-,10-,11-/m0/s1. The molecule has 0 aromatic carbocycles. The minimum atomic E-state index is 0.126. The fraction of sp³-hybridized carbons (Fsp3) is 0.750. The van der Waals surface area contributed by atoms with Crippen LogP contribution in [0.1, 0.15) is 24.8 Å². The third-order valence-corrected chi connectivity index (χ3v) is 4.75. The van der Waals surface area contributed by atoms with E-state index in [1.807, 2.05) is 31.2 Å². The van der Waals surface area contributed by atoms with Crippen LogP contribution in [0.15, 0.2) is 12.4 Å². The second kappa shape index (κ2) is 5.00. The number of hydrogen-bond acceptors (Lipinski definition) is 4. The van der Waals surface area contributed by atoms with E-state index in [1.165, 1.54) is 17.9 Å². The SMILES string of the molecule is Cn1ccnc1[C@H]1OCC[C@@H]1N[C@H]1CCSC1. The quantitative estimate of drug-likeness (QED) is 0.882. The maximum Gasteiger partial charge on any atom is 0.139 e. The van der Waals surface area contributed by atoms with Crippen LogP contribution >= 0.6 is 11.8 Å². The number of rotatable bonds is 3. The summed E-state index contributed by atoms with van der Waals surface area (Å²) >= 11 is 2.04. The Hall–Kier alpha value is -0.520. The number of thioether (sulfide) groups is 1. The average Bonchev–Trinajstić information content (AvgIpc) is 3.00. The molecule has 0 unspecified atom stereocenters. The number of nitrogens with zero attached hydrogens (tertiary/aromatic N) is 2. The van der Waals surface area contributed by atoms with Crippen LogP contribution in [-0.4, -0.2) is 39.7 Å². The van der Waals surface area contributed by atoms with Crippen LogP contribution in [0.25, 0.3) is 0 Å². The average molecular weight is 253 g/mol. The van der Waals surface area contributed by atoms with Crippen LogP contribution in [0.4, 0.5) is 0 Å². The summed E-state index contributed by atoms with van der Waals surface area (Å²) in [6, 6.07) is 1.09. The first-order valence-corrected chi connectivity index (χ1v) is 7.42. The maximum atomic E-state index is 5.85. The minimum Gasteiger partial charge on any atom is -0.369 e. The van der Waals surface area contributed by atoms with Gasteiger partial charge in [-0.25, -0.2) is 4.98 Å². The van der Waals surface area contributed by atoms with E-state index in [-0.39, 0.29) is 6.10 Å². The van der Waals surface area contributed by atoms with Crippen LogP contribution in [0.2, 0.25) is 0 Å². The van der Waals surface area contributed by atoms with Gasteiger partial charge in [0.15, 0.2) is 0 Å². The van der Waals surface area contributed by atoms with Crippen molar-refractivity contribution in [3.05, 3.63) is 18.2 Å². The van der Waals surface area contributed by atoms with Gasteiger partial charge >= 0.3 is 0 Å². The number of imidazole rings is 1. The molecule has 1 aromatic rings. The molecule has 0 amide bonds. The second-order valence-corrected chi connectivity index (χ2v) is 5.96. The summed E-state index contributed by atoms with van der Waals surface area (Å²) < 4.78 is 7.91. The number of aryl methyl sites for hydroxylation is 1. The van der Waals surface area contributed by atoms with E-state index < -0.39 is 0 Å². The van der Waals surface area contributed by atoms with Crippen molar-refractivity contribution in [2.24, 2.45) is 7.05 Å². The number of hydrogen-bond donors (Lipinski definition) is 1. The van der Waals surface area contributed by atoms with Crippen molar-refractivity contribution in [2.45, 2.75) is 31.0 Å². The summed E-state index contributed by atoms with van der Waals surface area (Å²) in [4.78, 5) is 4.42. The molecule has 2 aliphatic rings. The second-order valence-electron chi connectivity index (χ2n) is 4.81. The lowest BCUT2D eigenvalue weighted by atomic mass is 10.1. The monoisotopic (exact) mass is 253 g/mol. The van der Waals surface area contributed by atoms with E-state index in [9.17, 15) is 0 Å². The lowest BCUT2D eigenvalue weighted by Gasteiger charge is -2.23. The van der Waals surface area contributed by atoms with E-state index in [4.69, 9.17) is 4.74 Å². The first-order valence-electron chi connectivity index (χ1n) is 6.27. The van der Waals surface area contributed by atoms with Gasteiger partial charge in [0.2, 0.25) is 0 Å². The van der Waals surface area contributed by atoms with Crippen LogP contribution in [-0.2, 0) is 11.8 Å². The highest BCUT2D eigenvalue weighted by molar-refractivity contribution is 7.99. The van der Waals surface area contributed by atoms with Crippen molar-refractivity contribution >= 4 is 11.8 Å². The number of ether oxygens (including phenoxy) is 1. The highest BCUT2D eigenvalue weighted by Crippen LogP contribution is 2.29. The van der Waals surface area contributed by atoms with Gasteiger partial charge in [0.1, 0.15) is 11.9 Å². The number of nitrogens with one attached hydrogen (secondary N) is 1. The Bertz CT molecular complexity index is 376. The van der Waals surface area contributed by atoms with Crippen molar-refractivity contribution < 1.29 is 4.74 Å². The van der Waals surface area contributed by atoms with Gasteiger partial charge in [0, 0.05) is 43.9 Å². The molecule has 4 nitrogen and oxygen atoms in total. The van der Waals surface area contributed by atoms with Crippen molar-refractivity contribution in [3.8, 4) is 0 Å². The summed E-state index contributed by atoms with van der Waals surface area (Å²) in [7, 11) is 2.03. The first kappa shape index (κ1) is 11.6. The van der Waals surface area contributed by atoms with Crippen molar-refractivity contribution in [2.75, 3.05) is 18.1 Å². The Morgan fingerprint density at radius 3 is 3.18 bits per heavy atom. The van der Waals surface area contributed by atoms with E-state index in [0.717, 1.165) is 18.9 Å². The van der Waals surface area contributed by atoms with Crippen LogP contribution < -0.4 is 5.32 Å². The molecule has 2 aliphatic heterocycles. The fourth-order valence-electron chi connectivity index (χ4n) is 2.63. The normalized spacial score (nSPS) is 33.4. The van der Waals surface area contributed by atoms with Crippen molar-refractivity contribution in [1.29, 1.82) is 0 Å². The zero-order valence-electron chi connectivity index (χ0n) is 10.1. The zero-order valence-corrected chi connectivity index (χ0v) is 10.9. The summed E-state index contributed by atoms with van der Waals surface area (Å²) in [5, 5.41) is 3.74. The van der Waals surface area contributed by atoms with Gasteiger partial charge in [-0.1, -0.05) is 0 Å². The van der Waals surface area contributed by atoms with Gasteiger partial charge < -0.3 is 14.6 Å². The zero-order chi connectivity index (χ0) is 11.7. The van der Waals surface area contributed by atoms with Gasteiger partial charge in [-0.05, 0) is 18.6 Å². The Morgan fingerprint density at radius 1 is 1.53 bits per heavy atom. The topological polar surface area (TPSA) is 39.1 Å². The van der Waals surface area contributed by atoms with E-state index in [2.05, 4.69) is 14.9 Å². The van der Waals surface area contributed by atoms with Crippen LogP contribution in [0, 0.1) is 0 Å². The molecule has 5 heteroatoms. The molecule has 2 saturated heterocycles. The molecule has 3 atom stereocenters. The summed E-state index contributed by atoms with van der Waals surface area (Å²) in [6.07, 6.45) is 6.34. The Balaban J connectivity index is 1.69. The molecule has 0 bridgehead atoms. The molecule has 94 valence electrons. The summed E-state index contributed by atoms with van der Waals surface area (Å²) in [5.74, 6) is 3.58. The molecule has 0 aliphatic carbocycles. The predicted molar refractivity (Wildman–Crippen MR) is 69.2 cm³/mol. The number of aromatic nitrogens is 2. The fourth-order valence-corrected chi connectivity index (χ4v) is 3.80. The summed E-state index contributed by atoms with van der Waals surface area (Å²) in [6.45, 7) is 0.842. The third kappa shape index (κ3) is 2.37. The molecule has 0 saturated carbocycles. The largest absolute Gasteiger partial charge is 0.369 e. The Kier molecular flexibility index (Phi) is 3.40. The third-order valence-electron chi connectivity index (χ3n) is 3.58. The van der Waals surface area contributed by atoms with Gasteiger partial charge in [-0.15, -0.1) is 0 Å². The van der Waals surface area contributed by atoms with Crippen LogP contribution in [0.3, 0.4) is 0 Å². The first-order chi connectivity index (χ1) is 8.34. The molecule has 1 N–H and O–H groups in total. The molecule has 0 spiro atoms. The van der Waals surface area contributed by atoms with Crippen molar-refractivity contribution in [3.63, 3.8) is 0 Å². The highest BCUT2D eigenvalue weighted by Gasteiger charge is 2.34. The molecular formula is C12H19N3OS. The van der Waals surface area contributed by atoms with E-state index in [0.29, 0.717) is 12.1 Å². The lowest BCUT2D eigenvalue weighted by molar-refractivity contribution is 0.0878. The Morgan fingerprint density at radius 2 is 2.47 bits per heavy atom. The lowest BCUT2D eigenvalue weighted by Crippen LogP contribution is -2.40.